The van der Waals surface area contributed by atoms with Crippen molar-refractivity contribution in [3.05, 3.63) is 11.5 Å². The van der Waals surface area contributed by atoms with Crippen LogP contribution in [0.3, 0.4) is 0 Å². The summed E-state index contributed by atoms with van der Waals surface area (Å²) in [7, 11) is 0. The fourth-order valence-electron chi connectivity index (χ4n) is 3.55. The molecule has 0 aliphatic carbocycles. The lowest BCUT2D eigenvalue weighted by Gasteiger charge is -2.04. The summed E-state index contributed by atoms with van der Waals surface area (Å²) < 4.78 is 0. The quantitative estimate of drug-likeness (QED) is 0.166. The minimum atomic E-state index is 0.0763. The van der Waals surface area contributed by atoms with Crippen LogP contribution in [0.15, 0.2) is 11.5 Å². The van der Waals surface area contributed by atoms with Crippen LogP contribution in [0.2, 0.25) is 0 Å². The highest BCUT2D eigenvalue weighted by atomic mass is 16.3. The second kappa shape index (κ2) is 20.6. The lowest BCUT2D eigenvalue weighted by Crippen LogP contribution is -1.88. The molecule has 0 saturated carbocycles. The number of unbranched alkanes of at least 4 members (excludes halogenated alkanes) is 18. The van der Waals surface area contributed by atoms with Gasteiger partial charge < -0.3 is 10.2 Å². The standard InChI is InChI=1S/C24H48O2/c1-3-4-5-6-7-8-9-10-11-12-13-14-15-16-17-18-19-20-21-22-24(26)23(2)25/h25-26H,3-22H2,1-2H3/b24-23-. The van der Waals surface area contributed by atoms with Crippen molar-refractivity contribution >= 4 is 0 Å². The largest absolute Gasteiger partial charge is 0.509 e. The van der Waals surface area contributed by atoms with Crippen LogP contribution < -0.4 is 0 Å². The van der Waals surface area contributed by atoms with E-state index in [4.69, 9.17) is 5.11 Å². The Morgan fingerprint density at radius 1 is 0.462 bits per heavy atom. The van der Waals surface area contributed by atoms with Crippen LogP contribution >= 0.6 is 0 Å². The number of hydrogen-bond donors (Lipinski definition) is 2. The molecule has 2 nitrogen and oxygen atoms in total. The molecule has 0 radical (unpaired) electrons. The molecule has 0 aromatic carbocycles. The predicted molar refractivity (Wildman–Crippen MR) is 116 cm³/mol. The van der Waals surface area contributed by atoms with Gasteiger partial charge in [0.15, 0.2) is 0 Å². The van der Waals surface area contributed by atoms with Gasteiger partial charge in [0.2, 0.25) is 0 Å². The van der Waals surface area contributed by atoms with E-state index in [9.17, 15) is 5.11 Å². The molecule has 0 unspecified atom stereocenters. The lowest BCUT2D eigenvalue weighted by molar-refractivity contribution is 0.309. The molecule has 0 saturated heterocycles. The van der Waals surface area contributed by atoms with E-state index in [1.807, 2.05) is 0 Å². The highest BCUT2D eigenvalue weighted by Gasteiger charge is 1.99. The Balaban J connectivity index is 3.06. The summed E-state index contributed by atoms with van der Waals surface area (Å²) in [5.41, 5.74) is 0. The Kier molecular flexibility index (Phi) is 20.1. The molecule has 0 rings (SSSR count). The predicted octanol–water partition coefficient (Wildman–Crippen LogP) is 9.16. The average molecular weight is 369 g/mol. The summed E-state index contributed by atoms with van der Waals surface area (Å²) >= 11 is 0. The van der Waals surface area contributed by atoms with Crippen LogP contribution in [-0.2, 0) is 0 Å². The van der Waals surface area contributed by atoms with Crippen LogP contribution in [0.5, 0.6) is 0 Å². The molecule has 0 fully saturated rings. The van der Waals surface area contributed by atoms with Gasteiger partial charge in [-0.2, -0.15) is 0 Å². The first kappa shape index (κ1) is 25.3. The summed E-state index contributed by atoms with van der Waals surface area (Å²) in [5, 5.41) is 18.5. The molecule has 0 bridgehead atoms. The van der Waals surface area contributed by atoms with Crippen molar-refractivity contribution in [2.24, 2.45) is 0 Å². The zero-order valence-corrected chi connectivity index (χ0v) is 18.0. The van der Waals surface area contributed by atoms with E-state index in [-0.39, 0.29) is 11.5 Å². The maximum absolute atomic E-state index is 9.40. The molecule has 0 aliphatic rings. The van der Waals surface area contributed by atoms with Crippen LogP contribution in [0.25, 0.3) is 0 Å². The van der Waals surface area contributed by atoms with Crippen molar-refractivity contribution in [1.82, 2.24) is 0 Å². The molecule has 0 spiro atoms. The SMILES string of the molecule is CCCCCCCCCCCCCCCCCCCCC/C(O)=C(\C)O. The maximum atomic E-state index is 9.40. The van der Waals surface area contributed by atoms with Crippen molar-refractivity contribution in [2.75, 3.05) is 0 Å². The van der Waals surface area contributed by atoms with E-state index >= 15 is 0 Å². The first-order valence-electron chi connectivity index (χ1n) is 11.8. The van der Waals surface area contributed by atoms with Crippen LogP contribution in [-0.4, -0.2) is 10.2 Å². The number of rotatable bonds is 20. The third-order valence-corrected chi connectivity index (χ3v) is 5.43. The molecule has 0 aromatic rings. The van der Waals surface area contributed by atoms with E-state index < -0.39 is 0 Å². The molecule has 26 heavy (non-hydrogen) atoms. The smallest absolute Gasteiger partial charge is 0.129 e. The van der Waals surface area contributed by atoms with Gasteiger partial charge in [0.25, 0.3) is 0 Å². The molecule has 2 N–H and O–H groups in total. The summed E-state index contributed by atoms with van der Waals surface area (Å²) in [4.78, 5) is 0. The maximum Gasteiger partial charge on any atom is 0.129 e. The van der Waals surface area contributed by atoms with Crippen LogP contribution in [0, 0.1) is 0 Å². The lowest BCUT2D eigenvalue weighted by atomic mass is 10.0. The van der Waals surface area contributed by atoms with Gasteiger partial charge in [-0.05, 0) is 13.3 Å². The Bertz CT molecular complexity index is 305. The Morgan fingerprint density at radius 3 is 1.00 bits per heavy atom. The van der Waals surface area contributed by atoms with Gasteiger partial charge in [0.05, 0.1) is 0 Å². The number of hydrogen-bond acceptors (Lipinski definition) is 2. The number of allylic oxidation sites excluding steroid dienone is 2. The topological polar surface area (TPSA) is 40.5 Å². The van der Waals surface area contributed by atoms with Gasteiger partial charge in [-0.25, -0.2) is 0 Å². The summed E-state index contributed by atoms with van der Waals surface area (Å²) in [6.07, 6.45) is 26.8. The summed E-state index contributed by atoms with van der Waals surface area (Å²) in [6, 6.07) is 0. The molecule has 0 amide bonds. The van der Waals surface area contributed by atoms with Gasteiger partial charge in [-0.3, -0.25) is 0 Å². The molecular weight excluding hydrogens is 320 g/mol. The Morgan fingerprint density at radius 2 is 0.731 bits per heavy atom. The van der Waals surface area contributed by atoms with E-state index in [1.54, 1.807) is 6.92 Å². The normalized spacial score (nSPS) is 12.4. The first-order valence-corrected chi connectivity index (χ1v) is 11.8. The highest BCUT2D eigenvalue weighted by molar-refractivity contribution is 4.94. The van der Waals surface area contributed by atoms with Gasteiger partial charge in [0.1, 0.15) is 11.5 Å². The molecule has 0 aliphatic heterocycles. The second-order valence-electron chi connectivity index (χ2n) is 8.15. The Labute approximate surface area is 164 Å². The zero-order chi connectivity index (χ0) is 19.3. The van der Waals surface area contributed by atoms with E-state index in [1.165, 1.54) is 109 Å². The summed E-state index contributed by atoms with van der Waals surface area (Å²) in [5.74, 6) is 0.240. The van der Waals surface area contributed by atoms with Crippen molar-refractivity contribution in [2.45, 2.75) is 142 Å². The monoisotopic (exact) mass is 368 g/mol. The number of aliphatic hydroxyl groups is 2. The fraction of sp³-hybridized carbons (Fsp3) is 0.917. The molecule has 156 valence electrons. The molecule has 0 heterocycles. The fourth-order valence-corrected chi connectivity index (χ4v) is 3.55. The van der Waals surface area contributed by atoms with Crippen molar-refractivity contribution in [1.29, 1.82) is 0 Å². The van der Waals surface area contributed by atoms with E-state index in [0.717, 1.165) is 12.8 Å². The van der Waals surface area contributed by atoms with Crippen molar-refractivity contribution in [3.63, 3.8) is 0 Å². The highest BCUT2D eigenvalue weighted by Crippen LogP contribution is 2.15. The van der Waals surface area contributed by atoms with Crippen LogP contribution in [0.4, 0.5) is 0 Å². The third-order valence-electron chi connectivity index (χ3n) is 5.43. The van der Waals surface area contributed by atoms with Gasteiger partial charge >= 0.3 is 0 Å². The molecule has 0 atom stereocenters. The van der Waals surface area contributed by atoms with Gasteiger partial charge in [-0.15, -0.1) is 0 Å². The van der Waals surface area contributed by atoms with E-state index in [2.05, 4.69) is 6.92 Å². The number of aliphatic hydroxyl groups excluding tert-OH is 2. The van der Waals surface area contributed by atoms with Gasteiger partial charge in [-0.1, -0.05) is 122 Å². The van der Waals surface area contributed by atoms with Crippen molar-refractivity contribution in [3.8, 4) is 0 Å². The third kappa shape index (κ3) is 19.7. The van der Waals surface area contributed by atoms with Gasteiger partial charge in [0, 0.05) is 6.42 Å². The van der Waals surface area contributed by atoms with E-state index in [0.29, 0.717) is 6.42 Å². The van der Waals surface area contributed by atoms with Crippen LogP contribution in [0.1, 0.15) is 142 Å². The Hall–Kier alpha value is -0.660. The first-order chi connectivity index (χ1) is 12.7. The zero-order valence-electron chi connectivity index (χ0n) is 18.0. The van der Waals surface area contributed by atoms with Crippen molar-refractivity contribution < 1.29 is 10.2 Å². The minimum absolute atomic E-state index is 0.0763. The molecule has 2 heteroatoms. The average Bonchev–Trinajstić information content (AvgIpc) is 2.63. The minimum Gasteiger partial charge on any atom is -0.509 e. The second-order valence-corrected chi connectivity index (χ2v) is 8.15. The summed E-state index contributed by atoms with van der Waals surface area (Å²) in [6.45, 7) is 3.83. The molecular formula is C24H48O2. The molecule has 0 aromatic heterocycles.